The van der Waals surface area contributed by atoms with E-state index >= 15 is 0 Å². The molecule has 0 aliphatic heterocycles. The van der Waals surface area contributed by atoms with Crippen LogP contribution in [0.1, 0.15) is 23.2 Å². The number of carboxylic acid groups (broad SMARTS) is 1. The number of halogens is 1. The van der Waals surface area contributed by atoms with Crippen LogP contribution in [0.3, 0.4) is 0 Å². The maximum absolute atomic E-state index is 12.4. The van der Waals surface area contributed by atoms with Crippen LogP contribution in [0.4, 0.5) is 5.69 Å². The number of amides is 1. The second-order valence-corrected chi connectivity index (χ2v) is 5.38. The van der Waals surface area contributed by atoms with Gasteiger partial charge in [0.05, 0.1) is 4.92 Å². The molecule has 2 rings (SSSR count). The second-order valence-electron chi connectivity index (χ2n) is 4.94. The zero-order chi connectivity index (χ0) is 15.6. The van der Waals surface area contributed by atoms with Crippen molar-refractivity contribution in [2.75, 3.05) is 13.1 Å². The first-order valence-electron chi connectivity index (χ1n) is 6.33. The Hall–Kier alpha value is -2.15. The topological polar surface area (TPSA) is 101 Å². The summed E-state index contributed by atoms with van der Waals surface area (Å²) in [4.78, 5) is 34.7. The monoisotopic (exact) mass is 312 g/mol. The minimum absolute atomic E-state index is 0.144. The van der Waals surface area contributed by atoms with Crippen LogP contribution in [0.5, 0.6) is 0 Å². The number of nitro groups is 1. The second kappa shape index (κ2) is 6.09. The Labute approximate surface area is 125 Å². The van der Waals surface area contributed by atoms with Crippen LogP contribution >= 0.6 is 11.6 Å². The Kier molecular flexibility index (Phi) is 4.42. The first-order valence-corrected chi connectivity index (χ1v) is 6.71. The quantitative estimate of drug-likeness (QED) is 0.641. The van der Waals surface area contributed by atoms with Crippen molar-refractivity contribution in [2.45, 2.75) is 12.8 Å². The third kappa shape index (κ3) is 3.91. The van der Waals surface area contributed by atoms with Gasteiger partial charge in [0.15, 0.2) is 0 Å². The van der Waals surface area contributed by atoms with Crippen molar-refractivity contribution in [1.29, 1.82) is 0 Å². The highest BCUT2D eigenvalue weighted by Gasteiger charge is 2.31. The summed E-state index contributed by atoms with van der Waals surface area (Å²) in [6.45, 7) is -0.181. The lowest BCUT2D eigenvalue weighted by molar-refractivity contribution is -0.385. The number of carbonyl (C=O) groups excluding carboxylic acids is 1. The van der Waals surface area contributed by atoms with E-state index in [4.69, 9.17) is 16.7 Å². The summed E-state index contributed by atoms with van der Waals surface area (Å²) in [7, 11) is 0. The highest BCUT2D eigenvalue weighted by atomic mass is 35.5. The summed E-state index contributed by atoms with van der Waals surface area (Å²) in [6, 6.07) is 3.72. The summed E-state index contributed by atoms with van der Waals surface area (Å²) in [5.41, 5.74) is -0.565. The van der Waals surface area contributed by atoms with E-state index in [2.05, 4.69) is 0 Å². The van der Waals surface area contributed by atoms with Gasteiger partial charge in [-0.2, -0.15) is 0 Å². The van der Waals surface area contributed by atoms with Crippen LogP contribution in [-0.4, -0.2) is 39.9 Å². The number of hydrogen-bond donors (Lipinski definition) is 1. The van der Waals surface area contributed by atoms with Gasteiger partial charge >= 0.3 is 5.97 Å². The van der Waals surface area contributed by atoms with Crippen molar-refractivity contribution >= 4 is 29.2 Å². The van der Waals surface area contributed by atoms with Gasteiger partial charge in [0.25, 0.3) is 11.6 Å². The van der Waals surface area contributed by atoms with Crippen molar-refractivity contribution < 1.29 is 19.6 Å². The molecule has 1 aliphatic carbocycles. The largest absolute Gasteiger partial charge is 0.480 e. The lowest BCUT2D eigenvalue weighted by atomic mass is 10.1. The molecule has 21 heavy (non-hydrogen) atoms. The van der Waals surface area contributed by atoms with Gasteiger partial charge in [-0.3, -0.25) is 19.7 Å². The first kappa shape index (κ1) is 15.2. The molecule has 8 heteroatoms. The molecule has 0 spiro atoms. The molecule has 1 aromatic rings. The van der Waals surface area contributed by atoms with E-state index in [9.17, 15) is 19.7 Å². The predicted octanol–water partition coefficient (Wildman–Crippen LogP) is 2.18. The minimum Gasteiger partial charge on any atom is -0.480 e. The fraction of sp³-hybridized carbons (Fsp3) is 0.385. The number of rotatable bonds is 6. The molecule has 1 aromatic carbocycles. The van der Waals surface area contributed by atoms with Gasteiger partial charge in [-0.25, -0.2) is 0 Å². The van der Waals surface area contributed by atoms with Gasteiger partial charge in [-0.1, -0.05) is 11.6 Å². The van der Waals surface area contributed by atoms with Crippen LogP contribution in [0.2, 0.25) is 5.02 Å². The van der Waals surface area contributed by atoms with E-state index < -0.39 is 29.0 Å². The molecule has 0 atom stereocenters. The number of hydrogen-bond acceptors (Lipinski definition) is 4. The Balaban J connectivity index is 2.30. The van der Waals surface area contributed by atoms with Crippen molar-refractivity contribution in [3.8, 4) is 0 Å². The van der Waals surface area contributed by atoms with Gasteiger partial charge in [-0.15, -0.1) is 0 Å². The molecule has 1 N–H and O–H groups in total. The molecule has 1 saturated carbocycles. The molecule has 1 fully saturated rings. The molecule has 7 nitrogen and oxygen atoms in total. The molecule has 0 radical (unpaired) electrons. The molecular weight excluding hydrogens is 300 g/mol. The van der Waals surface area contributed by atoms with Gasteiger partial charge < -0.3 is 10.0 Å². The minimum atomic E-state index is -1.15. The van der Waals surface area contributed by atoms with Crippen molar-refractivity contribution in [2.24, 2.45) is 5.92 Å². The summed E-state index contributed by atoms with van der Waals surface area (Å²) in [5, 5.41) is 20.0. The van der Waals surface area contributed by atoms with E-state index in [1.165, 1.54) is 12.1 Å². The number of aliphatic carboxylic acids is 1. The Morgan fingerprint density at radius 1 is 1.43 bits per heavy atom. The fourth-order valence-corrected chi connectivity index (χ4v) is 2.17. The van der Waals surface area contributed by atoms with E-state index in [1.807, 2.05) is 0 Å². The summed E-state index contributed by atoms with van der Waals surface area (Å²) in [5.74, 6) is -1.53. The summed E-state index contributed by atoms with van der Waals surface area (Å²) >= 11 is 5.70. The number of nitro benzene ring substituents is 1. The van der Waals surface area contributed by atoms with Gasteiger partial charge in [0, 0.05) is 17.6 Å². The molecule has 0 heterocycles. The number of carbonyl (C=O) groups is 2. The third-order valence-electron chi connectivity index (χ3n) is 3.18. The Morgan fingerprint density at radius 2 is 2.10 bits per heavy atom. The van der Waals surface area contributed by atoms with Crippen LogP contribution in [0.25, 0.3) is 0 Å². The van der Waals surface area contributed by atoms with E-state index in [0.717, 1.165) is 23.8 Å². The third-order valence-corrected chi connectivity index (χ3v) is 3.41. The Morgan fingerprint density at radius 3 is 2.62 bits per heavy atom. The zero-order valence-corrected chi connectivity index (χ0v) is 11.7. The summed E-state index contributed by atoms with van der Waals surface area (Å²) < 4.78 is 0. The van der Waals surface area contributed by atoms with E-state index in [1.54, 1.807) is 0 Å². The van der Waals surface area contributed by atoms with Crippen LogP contribution < -0.4 is 0 Å². The molecule has 0 aromatic heterocycles. The summed E-state index contributed by atoms with van der Waals surface area (Å²) in [6.07, 6.45) is 1.87. The van der Waals surface area contributed by atoms with E-state index in [-0.39, 0.29) is 16.5 Å². The van der Waals surface area contributed by atoms with Crippen molar-refractivity contribution in [1.82, 2.24) is 4.90 Å². The van der Waals surface area contributed by atoms with Gasteiger partial charge in [0.1, 0.15) is 12.1 Å². The van der Waals surface area contributed by atoms with Gasteiger partial charge in [0.2, 0.25) is 0 Å². The smallest absolute Gasteiger partial charge is 0.323 e. The van der Waals surface area contributed by atoms with Gasteiger partial charge in [-0.05, 0) is 30.9 Å². The molecule has 112 valence electrons. The number of nitrogens with zero attached hydrogens (tertiary/aromatic N) is 2. The molecule has 0 saturated heterocycles. The number of benzene rings is 1. The fourth-order valence-electron chi connectivity index (χ4n) is 2.00. The van der Waals surface area contributed by atoms with Crippen molar-refractivity contribution in [3.63, 3.8) is 0 Å². The molecular formula is C13H13ClN2O5. The molecule has 0 bridgehead atoms. The standard InChI is InChI=1S/C13H13ClN2O5/c14-9-3-4-10(11(5-9)16(20)21)13(19)15(7-12(17)18)6-8-1-2-8/h3-5,8H,1-2,6-7H2,(H,17,18). The van der Waals surface area contributed by atoms with Crippen LogP contribution in [-0.2, 0) is 4.79 Å². The highest BCUT2D eigenvalue weighted by Crippen LogP contribution is 2.31. The first-order chi connectivity index (χ1) is 9.88. The van der Waals surface area contributed by atoms with Crippen molar-refractivity contribution in [3.05, 3.63) is 38.9 Å². The highest BCUT2D eigenvalue weighted by molar-refractivity contribution is 6.31. The lowest BCUT2D eigenvalue weighted by Crippen LogP contribution is -2.37. The molecule has 1 amide bonds. The van der Waals surface area contributed by atoms with Crippen LogP contribution in [0, 0.1) is 16.0 Å². The zero-order valence-electron chi connectivity index (χ0n) is 11.0. The maximum Gasteiger partial charge on any atom is 0.323 e. The number of carboxylic acids is 1. The SMILES string of the molecule is O=C(O)CN(CC1CC1)C(=O)c1ccc(Cl)cc1[N+](=O)[O-]. The van der Waals surface area contributed by atoms with Crippen LogP contribution in [0.15, 0.2) is 18.2 Å². The average molecular weight is 313 g/mol. The van der Waals surface area contributed by atoms with E-state index in [0.29, 0.717) is 6.54 Å². The maximum atomic E-state index is 12.4. The normalized spacial score (nSPS) is 13.8. The molecule has 0 unspecified atom stereocenters. The predicted molar refractivity (Wildman–Crippen MR) is 74.4 cm³/mol. The molecule has 1 aliphatic rings. The Bertz CT molecular complexity index is 600. The average Bonchev–Trinajstić information content (AvgIpc) is 3.20. The lowest BCUT2D eigenvalue weighted by Gasteiger charge is -2.20.